The van der Waals surface area contributed by atoms with E-state index in [0.717, 1.165) is 5.56 Å². The van der Waals surface area contributed by atoms with Crippen LogP contribution in [0.15, 0.2) is 36.4 Å². The van der Waals surface area contributed by atoms with Gasteiger partial charge < -0.3 is 9.47 Å². The lowest BCUT2D eigenvalue weighted by Gasteiger charge is -2.14. The zero-order valence-electron chi connectivity index (χ0n) is 11.5. The highest BCUT2D eigenvalue weighted by Gasteiger charge is 2.10. The summed E-state index contributed by atoms with van der Waals surface area (Å²) >= 11 is 6.03. The molecule has 0 saturated heterocycles. The second-order valence-corrected chi connectivity index (χ2v) is 4.69. The quantitative estimate of drug-likeness (QED) is 0.763. The van der Waals surface area contributed by atoms with Crippen molar-refractivity contribution in [2.75, 3.05) is 13.2 Å². The van der Waals surface area contributed by atoms with Gasteiger partial charge in [-0.05, 0) is 13.8 Å². The third-order valence-electron chi connectivity index (χ3n) is 2.58. The van der Waals surface area contributed by atoms with Crippen molar-refractivity contribution in [3.05, 3.63) is 41.6 Å². The summed E-state index contributed by atoms with van der Waals surface area (Å²) in [6.45, 7) is 5.04. The maximum absolute atomic E-state index is 6.03. The van der Waals surface area contributed by atoms with Crippen LogP contribution in [0.3, 0.4) is 0 Å². The number of ether oxygens (including phenoxy) is 2. The first-order valence-electron chi connectivity index (χ1n) is 6.53. The van der Waals surface area contributed by atoms with Crippen LogP contribution in [-0.4, -0.2) is 29.3 Å². The molecule has 0 bridgehead atoms. The second-order valence-electron chi connectivity index (χ2n) is 4.31. The zero-order valence-corrected chi connectivity index (χ0v) is 12.3. The molecule has 0 aliphatic rings. The summed E-state index contributed by atoms with van der Waals surface area (Å²) in [7, 11) is 0. The van der Waals surface area contributed by atoms with E-state index in [0.29, 0.717) is 30.1 Å². The van der Waals surface area contributed by atoms with Gasteiger partial charge in [0.25, 0.3) is 0 Å². The molecule has 0 amide bonds. The second kappa shape index (κ2) is 7.22. The van der Waals surface area contributed by atoms with Gasteiger partial charge in [-0.25, -0.2) is 4.98 Å². The van der Waals surface area contributed by atoms with Crippen LogP contribution < -0.4 is 4.74 Å². The molecule has 4 nitrogen and oxygen atoms in total. The summed E-state index contributed by atoms with van der Waals surface area (Å²) in [5.74, 6) is 1.01. The molecule has 1 aromatic heterocycles. The Morgan fingerprint density at radius 2 is 1.95 bits per heavy atom. The van der Waals surface area contributed by atoms with Crippen molar-refractivity contribution >= 4 is 11.6 Å². The molecule has 0 N–H and O–H groups in total. The minimum Gasteiger partial charge on any atom is -0.472 e. The topological polar surface area (TPSA) is 44.2 Å². The molecule has 2 aromatic rings. The molecule has 0 radical (unpaired) electrons. The predicted molar refractivity (Wildman–Crippen MR) is 79.1 cm³/mol. The van der Waals surface area contributed by atoms with Crippen LogP contribution in [0.4, 0.5) is 0 Å². The van der Waals surface area contributed by atoms with Gasteiger partial charge in [0.05, 0.1) is 6.61 Å². The molecule has 0 spiro atoms. The van der Waals surface area contributed by atoms with E-state index in [4.69, 9.17) is 21.1 Å². The maximum Gasteiger partial charge on any atom is 0.218 e. The number of benzene rings is 1. The molecule has 1 heterocycles. The lowest BCUT2D eigenvalue weighted by molar-refractivity contribution is 0.0633. The van der Waals surface area contributed by atoms with E-state index in [1.54, 1.807) is 6.07 Å². The molecule has 20 heavy (non-hydrogen) atoms. The van der Waals surface area contributed by atoms with E-state index >= 15 is 0 Å². The van der Waals surface area contributed by atoms with Crippen molar-refractivity contribution in [2.45, 2.75) is 20.0 Å². The van der Waals surface area contributed by atoms with E-state index in [-0.39, 0.29) is 6.10 Å². The fourth-order valence-corrected chi connectivity index (χ4v) is 1.87. The van der Waals surface area contributed by atoms with E-state index in [1.807, 2.05) is 44.2 Å². The van der Waals surface area contributed by atoms with E-state index in [9.17, 15) is 0 Å². The summed E-state index contributed by atoms with van der Waals surface area (Å²) in [5.41, 5.74) is 0.900. The molecule has 1 atom stereocenters. The Balaban J connectivity index is 2.17. The Labute approximate surface area is 123 Å². The normalized spacial score (nSPS) is 12.2. The Kier molecular flexibility index (Phi) is 5.32. The van der Waals surface area contributed by atoms with E-state index in [1.165, 1.54) is 0 Å². The molecule has 1 unspecified atom stereocenters. The number of halogens is 1. The SMILES string of the molecule is CCOCC(C)Oc1cc(Cl)nc(-c2ccccc2)n1. The fourth-order valence-electron chi connectivity index (χ4n) is 1.70. The molecule has 0 saturated carbocycles. The molecule has 5 heteroatoms. The van der Waals surface area contributed by atoms with Crippen molar-refractivity contribution in [1.29, 1.82) is 0 Å². The lowest BCUT2D eigenvalue weighted by Crippen LogP contribution is -2.19. The van der Waals surface area contributed by atoms with Crippen LogP contribution in [0.5, 0.6) is 5.88 Å². The van der Waals surface area contributed by atoms with Crippen LogP contribution in [0.2, 0.25) is 5.15 Å². The summed E-state index contributed by atoms with van der Waals surface area (Å²) in [5, 5.41) is 0.359. The molecular weight excluding hydrogens is 276 g/mol. The zero-order chi connectivity index (χ0) is 14.4. The molecule has 2 rings (SSSR count). The third kappa shape index (κ3) is 4.18. The van der Waals surface area contributed by atoms with E-state index in [2.05, 4.69) is 9.97 Å². The fraction of sp³-hybridized carbons (Fsp3) is 0.333. The van der Waals surface area contributed by atoms with Gasteiger partial charge >= 0.3 is 0 Å². The molecular formula is C15H17ClN2O2. The molecule has 0 aliphatic carbocycles. The van der Waals surface area contributed by atoms with Gasteiger partial charge in [0, 0.05) is 18.2 Å². The van der Waals surface area contributed by atoms with Crippen molar-refractivity contribution < 1.29 is 9.47 Å². The highest BCUT2D eigenvalue weighted by Crippen LogP contribution is 2.21. The Morgan fingerprint density at radius 3 is 2.65 bits per heavy atom. The third-order valence-corrected chi connectivity index (χ3v) is 2.78. The summed E-state index contributed by atoms with van der Waals surface area (Å²) in [6.07, 6.45) is -0.0930. The molecule has 1 aromatic carbocycles. The van der Waals surface area contributed by atoms with Crippen molar-refractivity contribution in [2.24, 2.45) is 0 Å². The maximum atomic E-state index is 6.03. The Bertz CT molecular complexity index is 549. The van der Waals surface area contributed by atoms with Gasteiger partial charge in [-0.1, -0.05) is 41.9 Å². The van der Waals surface area contributed by atoms with Crippen molar-refractivity contribution in [3.63, 3.8) is 0 Å². The molecule has 106 valence electrons. The number of hydrogen-bond acceptors (Lipinski definition) is 4. The van der Waals surface area contributed by atoms with Crippen molar-refractivity contribution in [3.8, 4) is 17.3 Å². The Morgan fingerprint density at radius 1 is 1.20 bits per heavy atom. The summed E-state index contributed by atoms with van der Waals surface area (Å²) in [6, 6.07) is 11.3. The number of nitrogens with zero attached hydrogens (tertiary/aromatic N) is 2. The highest BCUT2D eigenvalue weighted by atomic mass is 35.5. The predicted octanol–water partition coefficient (Wildman–Crippen LogP) is 3.60. The smallest absolute Gasteiger partial charge is 0.218 e. The first-order chi connectivity index (χ1) is 9.69. The minimum absolute atomic E-state index is 0.0930. The largest absolute Gasteiger partial charge is 0.472 e. The monoisotopic (exact) mass is 292 g/mol. The lowest BCUT2D eigenvalue weighted by atomic mass is 10.2. The van der Waals surface area contributed by atoms with Gasteiger partial charge in [-0.15, -0.1) is 0 Å². The molecule has 0 aliphatic heterocycles. The average molecular weight is 293 g/mol. The summed E-state index contributed by atoms with van der Waals surface area (Å²) in [4.78, 5) is 8.60. The van der Waals surface area contributed by atoms with Crippen LogP contribution >= 0.6 is 11.6 Å². The number of aromatic nitrogens is 2. The van der Waals surface area contributed by atoms with Gasteiger partial charge in [0.1, 0.15) is 11.3 Å². The van der Waals surface area contributed by atoms with Gasteiger partial charge in [0.2, 0.25) is 5.88 Å². The van der Waals surface area contributed by atoms with Gasteiger partial charge in [0.15, 0.2) is 5.82 Å². The minimum atomic E-state index is -0.0930. The average Bonchev–Trinajstić information content (AvgIpc) is 2.45. The number of hydrogen-bond donors (Lipinski definition) is 0. The van der Waals surface area contributed by atoms with Gasteiger partial charge in [-0.3, -0.25) is 0 Å². The van der Waals surface area contributed by atoms with Crippen LogP contribution in [-0.2, 0) is 4.74 Å². The highest BCUT2D eigenvalue weighted by molar-refractivity contribution is 6.29. The van der Waals surface area contributed by atoms with Crippen LogP contribution in [0.1, 0.15) is 13.8 Å². The first-order valence-corrected chi connectivity index (χ1v) is 6.91. The number of rotatable bonds is 6. The van der Waals surface area contributed by atoms with E-state index < -0.39 is 0 Å². The van der Waals surface area contributed by atoms with Crippen molar-refractivity contribution in [1.82, 2.24) is 9.97 Å². The summed E-state index contributed by atoms with van der Waals surface area (Å²) < 4.78 is 11.0. The Hall–Kier alpha value is -1.65. The molecule has 0 fully saturated rings. The standard InChI is InChI=1S/C15H17ClN2O2/c1-3-19-10-11(2)20-14-9-13(16)17-15(18-14)12-7-5-4-6-8-12/h4-9,11H,3,10H2,1-2H3. The first kappa shape index (κ1) is 14.8. The van der Waals surface area contributed by atoms with Gasteiger partial charge in [-0.2, -0.15) is 4.98 Å². The van der Waals surface area contributed by atoms with Crippen LogP contribution in [0, 0.1) is 0 Å². The van der Waals surface area contributed by atoms with Crippen LogP contribution in [0.25, 0.3) is 11.4 Å².